The minimum absolute atomic E-state index is 0.233. The van der Waals surface area contributed by atoms with Crippen molar-refractivity contribution >= 4 is 23.2 Å². The second-order valence-corrected chi connectivity index (χ2v) is 5.16. The van der Waals surface area contributed by atoms with E-state index in [9.17, 15) is 9.18 Å². The zero-order valence-corrected chi connectivity index (χ0v) is 13.1. The second kappa shape index (κ2) is 9.25. The molecule has 0 radical (unpaired) electrons. The van der Waals surface area contributed by atoms with Gasteiger partial charge in [0.2, 0.25) is 0 Å². The molecule has 0 spiro atoms. The van der Waals surface area contributed by atoms with Crippen LogP contribution >= 0.6 is 12.2 Å². The van der Waals surface area contributed by atoms with Gasteiger partial charge in [-0.1, -0.05) is 0 Å². The quantitative estimate of drug-likeness (QED) is 0.508. The summed E-state index contributed by atoms with van der Waals surface area (Å²) in [7, 11) is 3.98. The van der Waals surface area contributed by atoms with E-state index in [2.05, 4.69) is 20.9 Å². The third kappa shape index (κ3) is 7.57. The SMILES string of the molecule is CN(C)CCNC(=S)NCCNC(=O)c1ccc(F)cc1. The molecule has 5 nitrogen and oxygen atoms in total. The van der Waals surface area contributed by atoms with Gasteiger partial charge in [-0.25, -0.2) is 4.39 Å². The summed E-state index contributed by atoms with van der Waals surface area (Å²) in [6.45, 7) is 2.62. The van der Waals surface area contributed by atoms with E-state index in [-0.39, 0.29) is 11.7 Å². The highest BCUT2D eigenvalue weighted by Crippen LogP contribution is 2.01. The highest BCUT2D eigenvalue weighted by Gasteiger charge is 2.04. The van der Waals surface area contributed by atoms with Crippen molar-refractivity contribution in [2.75, 3.05) is 40.3 Å². The number of nitrogens with zero attached hydrogens (tertiary/aromatic N) is 1. The fraction of sp³-hybridized carbons (Fsp3) is 0.429. The van der Waals surface area contributed by atoms with Gasteiger partial charge in [-0.05, 0) is 50.6 Å². The van der Waals surface area contributed by atoms with Gasteiger partial charge in [0.15, 0.2) is 5.11 Å². The predicted octanol–water partition coefficient (Wildman–Crippen LogP) is 0.581. The van der Waals surface area contributed by atoms with Gasteiger partial charge in [0.1, 0.15) is 5.82 Å². The van der Waals surface area contributed by atoms with E-state index in [4.69, 9.17) is 12.2 Å². The molecule has 0 bridgehead atoms. The van der Waals surface area contributed by atoms with E-state index < -0.39 is 0 Å². The van der Waals surface area contributed by atoms with Gasteiger partial charge < -0.3 is 20.9 Å². The van der Waals surface area contributed by atoms with Crippen molar-refractivity contribution in [3.8, 4) is 0 Å². The number of likely N-dealkylation sites (N-methyl/N-ethyl adjacent to an activating group) is 1. The van der Waals surface area contributed by atoms with Gasteiger partial charge in [0.05, 0.1) is 0 Å². The molecule has 0 aliphatic heterocycles. The van der Waals surface area contributed by atoms with E-state index in [0.29, 0.717) is 23.8 Å². The lowest BCUT2D eigenvalue weighted by Crippen LogP contribution is -2.42. The number of thiocarbonyl (C=S) groups is 1. The zero-order valence-electron chi connectivity index (χ0n) is 12.3. The highest BCUT2D eigenvalue weighted by molar-refractivity contribution is 7.80. The fourth-order valence-electron chi connectivity index (χ4n) is 1.51. The maximum absolute atomic E-state index is 12.7. The van der Waals surface area contributed by atoms with Crippen molar-refractivity contribution < 1.29 is 9.18 Å². The van der Waals surface area contributed by atoms with Crippen LogP contribution in [0.5, 0.6) is 0 Å². The van der Waals surface area contributed by atoms with Gasteiger partial charge in [0, 0.05) is 31.7 Å². The minimum Gasteiger partial charge on any atom is -0.361 e. The Hall–Kier alpha value is -1.73. The van der Waals surface area contributed by atoms with Crippen LogP contribution in [0.4, 0.5) is 4.39 Å². The molecule has 1 aromatic rings. The summed E-state index contributed by atoms with van der Waals surface area (Å²) in [5.74, 6) is -0.592. The molecule has 21 heavy (non-hydrogen) atoms. The van der Waals surface area contributed by atoms with E-state index in [1.54, 1.807) is 0 Å². The predicted molar refractivity (Wildman–Crippen MR) is 85.9 cm³/mol. The lowest BCUT2D eigenvalue weighted by Gasteiger charge is -2.13. The smallest absolute Gasteiger partial charge is 0.251 e. The minimum atomic E-state index is -0.359. The molecular formula is C14H21FN4OS. The lowest BCUT2D eigenvalue weighted by atomic mass is 10.2. The van der Waals surface area contributed by atoms with Crippen molar-refractivity contribution in [3.63, 3.8) is 0 Å². The molecule has 0 aliphatic carbocycles. The maximum Gasteiger partial charge on any atom is 0.251 e. The Labute approximate surface area is 129 Å². The first kappa shape index (κ1) is 17.3. The van der Waals surface area contributed by atoms with Crippen molar-refractivity contribution in [2.45, 2.75) is 0 Å². The zero-order chi connectivity index (χ0) is 15.7. The molecule has 3 N–H and O–H groups in total. The first-order valence-electron chi connectivity index (χ1n) is 6.69. The molecule has 1 aromatic carbocycles. The van der Waals surface area contributed by atoms with Crippen LogP contribution in [0.25, 0.3) is 0 Å². The van der Waals surface area contributed by atoms with Crippen LogP contribution in [0.15, 0.2) is 24.3 Å². The number of rotatable bonds is 7. The number of nitrogens with one attached hydrogen (secondary N) is 3. The first-order valence-corrected chi connectivity index (χ1v) is 7.10. The fourth-order valence-corrected chi connectivity index (χ4v) is 1.72. The molecular weight excluding hydrogens is 291 g/mol. The summed E-state index contributed by atoms with van der Waals surface area (Å²) < 4.78 is 12.7. The molecule has 7 heteroatoms. The number of hydrogen-bond donors (Lipinski definition) is 3. The third-order valence-corrected chi connectivity index (χ3v) is 2.94. The summed E-state index contributed by atoms with van der Waals surface area (Å²) in [5, 5.41) is 9.36. The Morgan fingerprint density at radius 2 is 1.67 bits per heavy atom. The van der Waals surface area contributed by atoms with Crippen LogP contribution < -0.4 is 16.0 Å². The molecule has 0 unspecified atom stereocenters. The average molecular weight is 312 g/mol. The number of carbonyl (C=O) groups excluding carboxylic acids is 1. The monoisotopic (exact) mass is 312 g/mol. The Morgan fingerprint density at radius 1 is 1.10 bits per heavy atom. The van der Waals surface area contributed by atoms with Crippen LogP contribution in [0.3, 0.4) is 0 Å². The molecule has 1 amide bonds. The average Bonchev–Trinajstić information content (AvgIpc) is 2.43. The molecule has 0 saturated heterocycles. The summed E-state index contributed by atoms with van der Waals surface area (Å²) in [5.41, 5.74) is 0.433. The molecule has 116 valence electrons. The van der Waals surface area contributed by atoms with E-state index >= 15 is 0 Å². The van der Waals surface area contributed by atoms with Crippen molar-refractivity contribution in [1.29, 1.82) is 0 Å². The lowest BCUT2D eigenvalue weighted by molar-refractivity contribution is 0.0954. The molecule has 1 rings (SSSR count). The molecule has 0 atom stereocenters. The number of carbonyl (C=O) groups is 1. The second-order valence-electron chi connectivity index (χ2n) is 4.75. The van der Waals surface area contributed by atoms with Crippen LogP contribution in [0.2, 0.25) is 0 Å². The van der Waals surface area contributed by atoms with E-state index in [1.807, 2.05) is 14.1 Å². The molecule has 0 aromatic heterocycles. The summed E-state index contributed by atoms with van der Waals surface area (Å²) >= 11 is 5.10. The molecule has 0 aliphatic rings. The van der Waals surface area contributed by atoms with Gasteiger partial charge in [-0.2, -0.15) is 0 Å². The molecule has 0 heterocycles. The number of hydrogen-bond acceptors (Lipinski definition) is 3. The third-order valence-electron chi connectivity index (χ3n) is 2.65. The van der Waals surface area contributed by atoms with Gasteiger partial charge in [-0.3, -0.25) is 4.79 Å². The van der Waals surface area contributed by atoms with Crippen molar-refractivity contribution in [3.05, 3.63) is 35.6 Å². The normalized spacial score (nSPS) is 10.3. The summed E-state index contributed by atoms with van der Waals surface area (Å²) in [6.07, 6.45) is 0. The number of benzene rings is 1. The van der Waals surface area contributed by atoms with E-state index in [0.717, 1.165) is 13.1 Å². The van der Waals surface area contributed by atoms with E-state index in [1.165, 1.54) is 24.3 Å². The molecule has 0 fully saturated rings. The first-order chi connectivity index (χ1) is 9.99. The summed E-state index contributed by atoms with van der Waals surface area (Å²) in [4.78, 5) is 13.8. The van der Waals surface area contributed by atoms with Gasteiger partial charge in [0.25, 0.3) is 5.91 Å². The Balaban J connectivity index is 2.14. The Kier molecular flexibility index (Phi) is 7.63. The molecule has 0 saturated carbocycles. The van der Waals surface area contributed by atoms with Crippen LogP contribution in [0, 0.1) is 5.82 Å². The van der Waals surface area contributed by atoms with Crippen LogP contribution in [0.1, 0.15) is 10.4 Å². The van der Waals surface area contributed by atoms with Gasteiger partial charge in [-0.15, -0.1) is 0 Å². The van der Waals surface area contributed by atoms with Crippen LogP contribution in [-0.2, 0) is 0 Å². The topological polar surface area (TPSA) is 56.4 Å². The van der Waals surface area contributed by atoms with Crippen molar-refractivity contribution in [2.24, 2.45) is 0 Å². The Morgan fingerprint density at radius 3 is 2.29 bits per heavy atom. The Bertz CT molecular complexity index is 465. The largest absolute Gasteiger partial charge is 0.361 e. The standard InChI is InChI=1S/C14H21FN4OS/c1-19(2)10-9-18-14(21)17-8-7-16-13(20)11-3-5-12(15)6-4-11/h3-6H,7-10H2,1-2H3,(H,16,20)(H2,17,18,21). The number of amides is 1. The summed E-state index contributed by atoms with van der Waals surface area (Å²) in [6, 6.07) is 5.42. The maximum atomic E-state index is 12.7. The van der Waals surface area contributed by atoms with Gasteiger partial charge >= 0.3 is 0 Å². The highest BCUT2D eigenvalue weighted by atomic mass is 32.1. The number of halogens is 1. The van der Waals surface area contributed by atoms with Crippen molar-refractivity contribution in [1.82, 2.24) is 20.9 Å². The van der Waals surface area contributed by atoms with Crippen LogP contribution in [-0.4, -0.2) is 56.2 Å².